The van der Waals surface area contributed by atoms with Gasteiger partial charge in [0, 0.05) is 13.7 Å². The van der Waals surface area contributed by atoms with Crippen molar-refractivity contribution in [2.75, 3.05) is 13.7 Å². The summed E-state index contributed by atoms with van der Waals surface area (Å²) in [6.07, 6.45) is -1.76. The summed E-state index contributed by atoms with van der Waals surface area (Å²) in [5.41, 5.74) is 0. The van der Waals surface area contributed by atoms with Crippen LogP contribution in [0.2, 0.25) is 6.82 Å². The van der Waals surface area contributed by atoms with E-state index in [2.05, 4.69) is 0 Å². The monoisotopic (exact) mass is 208 g/mol. The number of aliphatic hydroxyl groups is 1. The van der Waals surface area contributed by atoms with E-state index in [0.29, 0.717) is 0 Å². The molecule has 14 heavy (non-hydrogen) atoms. The summed E-state index contributed by atoms with van der Waals surface area (Å²) in [7, 11) is 1.49. The highest BCUT2D eigenvalue weighted by molar-refractivity contribution is 6.35. The highest BCUT2D eigenvalue weighted by atomic mass is 19.3. The Kier molecular flexibility index (Phi) is 3.86. The maximum atomic E-state index is 13.5. The molecule has 1 N–H and O–H groups in total. The number of alkyl halides is 2. The molecule has 3 atom stereocenters. The van der Waals surface area contributed by atoms with Crippen LogP contribution in [0.4, 0.5) is 8.78 Å². The number of aliphatic hydroxyl groups excluding tert-OH is 1. The molecule has 6 heteroatoms. The molecule has 3 nitrogen and oxygen atoms in total. The lowest BCUT2D eigenvalue weighted by atomic mass is 9.71. The molecule has 0 bridgehead atoms. The molecule has 0 spiro atoms. The van der Waals surface area contributed by atoms with Crippen LogP contribution >= 0.6 is 0 Å². The molecule has 0 aliphatic carbocycles. The fraction of sp³-hybridized carbons (Fsp3) is 1.00. The predicted molar refractivity (Wildman–Crippen MR) is 49.1 cm³/mol. The third kappa shape index (κ3) is 1.92. The van der Waals surface area contributed by atoms with Crippen LogP contribution in [-0.4, -0.2) is 50.2 Å². The third-order valence-corrected chi connectivity index (χ3v) is 2.52. The van der Waals surface area contributed by atoms with Gasteiger partial charge in [0.15, 0.2) is 7.28 Å². The SMILES string of the molecule is CB[C@@H]1O[C@H](CCO)C(OC)C1(F)F. The van der Waals surface area contributed by atoms with Gasteiger partial charge in [-0.15, -0.1) is 0 Å². The van der Waals surface area contributed by atoms with E-state index in [1.165, 1.54) is 7.11 Å². The standard InChI is InChI=1S/C8H15BF2O3/c1-9-7-8(10,11)6(13-2)5(14-7)3-4-12/h5-7,9,12H,3-4H2,1-2H3/t5-,6?,7-/m1/s1. The van der Waals surface area contributed by atoms with Crippen LogP contribution in [0.3, 0.4) is 0 Å². The van der Waals surface area contributed by atoms with Crippen LogP contribution in [0, 0.1) is 0 Å². The van der Waals surface area contributed by atoms with Crippen LogP contribution in [0.1, 0.15) is 6.42 Å². The zero-order valence-electron chi connectivity index (χ0n) is 8.37. The molecule has 1 aliphatic rings. The maximum absolute atomic E-state index is 13.5. The lowest BCUT2D eigenvalue weighted by Crippen LogP contribution is -2.43. The maximum Gasteiger partial charge on any atom is 0.294 e. The van der Waals surface area contributed by atoms with Gasteiger partial charge in [0.2, 0.25) is 0 Å². The van der Waals surface area contributed by atoms with Crippen molar-refractivity contribution in [3.63, 3.8) is 0 Å². The number of hydrogen-bond donors (Lipinski definition) is 1. The second-order valence-corrected chi connectivity index (χ2v) is 3.41. The van der Waals surface area contributed by atoms with Crippen molar-refractivity contribution in [3.05, 3.63) is 0 Å². The lowest BCUT2D eigenvalue weighted by molar-refractivity contribution is -0.107. The molecule has 1 rings (SSSR count). The Balaban J connectivity index is 2.74. The quantitative estimate of drug-likeness (QED) is 0.672. The van der Waals surface area contributed by atoms with Gasteiger partial charge in [0.1, 0.15) is 6.10 Å². The van der Waals surface area contributed by atoms with Gasteiger partial charge in [-0.25, -0.2) is 8.78 Å². The highest BCUT2D eigenvalue weighted by Gasteiger charge is 2.57. The van der Waals surface area contributed by atoms with Crippen LogP contribution in [0.5, 0.6) is 0 Å². The predicted octanol–water partition coefficient (Wildman–Crippen LogP) is 0.229. The van der Waals surface area contributed by atoms with Gasteiger partial charge < -0.3 is 14.6 Å². The number of ether oxygens (including phenoxy) is 2. The summed E-state index contributed by atoms with van der Waals surface area (Å²) in [5.74, 6) is -2.96. The largest absolute Gasteiger partial charge is 0.396 e. The van der Waals surface area contributed by atoms with Crippen molar-refractivity contribution in [2.45, 2.75) is 37.4 Å². The summed E-state index contributed by atoms with van der Waals surface area (Å²) in [4.78, 5) is 0. The molecule has 1 fully saturated rings. The zero-order valence-corrected chi connectivity index (χ0v) is 8.37. The van der Waals surface area contributed by atoms with Gasteiger partial charge in [-0.05, 0) is 6.42 Å². The highest BCUT2D eigenvalue weighted by Crippen LogP contribution is 2.38. The molecule has 1 heterocycles. The minimum atomic E-state index is -2.96. The fourth-order valence-corrected chi connectivity index (χ4v) is 1.83. The molecule has 82 valence electrons. The first-order valence-corrected chi connectivity index (χ1v) is 4.74. The van der Waals surface area contributed by atoms with E-state index in [1.807, 2.05) is 0 Å². The Morgan fingerprint density at radius 3 is 2.64 bits per heavy atom. The second kappa shape index (κ2) is 4.55. The fourth-order valence-electron chi connectivity index (χ4n) is 1.83. The summed E-state index contributed by atoms with van der Waals surface area (Å²) >= 11 is 0. The third-order valence-electron chi connectivity index (χ3n) is 2.52. The molecule has 1 unspecified atom stereocenters. The van der Waals surface area contributed by atoms with E-state index >= 15 is 0 Å². The van der Waals surface area contributed by atoms with Gasteiger partial charge in [0.05, 0.1) is 12.1 Å². The van der Waals surface area contributed by atoms with E-state index in [1.54, 1.807) is 6.82 Å². The van der Waals surface area contributed by atoms with E-state index in [-0.39, 0.29) is 20.3 Å². The van der Waals surface area contributed by atoms with E-state index in [4.69, 9.17) is 14.6 Å². The van der Waals surface area contributed by atoms with E-state index in [9.17, 15) is 8.78 Å². The van der Waals surface area contributed by atoms with Crippen molar-refractivity contribution < 1.29 is 23.4 Å². The van der Waals surface area contributed by atoms with Gasteiger partial charge in [0.25, 0.3) is 5.92 Å². The van der Waals surface area contributed by atoms with Gasteiger partial charge in [-0.1, -0.05) is 6.82 Å². The molecule has 0 aromatic carbocycles. The first kappa shape index (κ1) is 11.9. The Bertz CT molecular complexity index is 191. The molecular weight excluding hydrogens is 193 g/mol. The van der Waals surface area contributed by atoms with Gasteiger partial charge >= 0.3 is 0 Å². The molecule has 0 amide bonds. The van der Waals surface area contributed by atoms with Crippen molar-refractivity contribution in [2.24, 2.45) is 0 Å². The second-order valence-electron chi connectivity index (χ2n) is 3.41. The average molecular weight is 208 g/mol. The van der Waals surface area contributed by atoms with Crippen molar-refractivity contribution >= 4 is 7.28 Å². The van der Waals surface area contributed by atoms with Crippen molar-refractivity contribution in [3.8, 4) is 0 Å². The Morgan fingerprint density at radius 2 is 2.21 bits per heavy atom. The number of hydrogen-bond acceptors (Lipinski definition) is 3. The minimum absolute atomic E-state index is 0.170. The topological polar surface area (TPSA) is 38.7 Å². The number of methoxy groups -OCH3 is 1. The molecule has 1 aliphatic heterocycles. The molecule has 0 radical (unpaired) electrons. The minimum Gasteiger partial charge on any atom is -0.396 e. The van der Waals surface area contributed by atoms with Crippen LogP contribution in [-0.2, 0) is 9.47 Å². The van der Waals surface area contributed by atoms with Gasteiger partial charge in [-0.3, -0.25) is 0 Å². The number of rotatable bonds is 4. The van der Waals surface area contributed by atoms with Crippen LogP contribution in [0.25, 0.3) is 0 Å². The Hall–Kier alpha value is -0.195. The van der Waals surface area contributed by atoms with Crippen LogP contribution < -0.4 is 0 Å². The van der Waals surface area contributed by atoms with Crippen molar-refractivity contribution in [1.29, 1.82) is 0 Å². The molecule has 0 aromatic heterocycles. The summed E-state index contributed by atoms with van der Waals surface area (Å²) in [6, 6.07) is -1.09. The molecule has 0 saturated carbocycles. The Morgan fingerprint density at radius 1 is 1.57 bits per heavy atom. The Labute approximate surface area is 82.6 Å². The average Bonchev–Trinajstić information content (AvgIpc) is 2.37. The van der Waals surface area contributed by atoms with Crippen molar-refractivity contribution in [1.82, 2.24) is 0 Å². The van der Waals surface area contributed by atoms with Crippen LogP contribution in [0.15, 0.2) is 0 Å². The first-order chi connectivity index (χ1) is 6.57. The first-order valence-electron chi connectivity index (χ1n) is 4.74. The lowest BCUT2D eigenvalue weighted by Gasteiger charge is -2.21. The zero-order chi connectivity index (χ0) is 10.8. The molecule has 0 aromatic rings. The summed E-state index contributed by atoms with van der Waals surface area (Å²) in [5, 5.41) is 8.69. The van der Waals surface area contributed by atoms with E-state index < -0.39 is 24.1 Å². The number of halogens is 2. The molecule has 1 saturated heterocycles. The normalized spacial score (nSPS) is 35.9. The smallest absolute Gasteiger partial charge is 0.294 e. The summed E-state index contributed by atoms with van der Waals surface area (Å²) in [6.45, 7) is 1.48. The molecular formula is C8H15BF2O3. The van der Waals surface area contributed by atoms with Gasteiger partial charge in [-0.2, -0.15) is 0 Å². The summed E-state index contributed by atoms with van der Waals surface area (Å²) < 4.78 is 36.9. The van der Waals surface area contributed by atoms with E-state index in [0.717, 1.165) is 0 Å².